The summed E-state index contributed by atoms with van der Waals surface area (Å²) in [6.45, 7) is 3.05. The standard InChI is InChI=1S/C14H20N2O4/c1-2-8-20-12-5-3-4-11(13(12)16(18)19)15-9-14(10-17)6-7-14/h3-5,15,17H,2,6-10H2,1H3. The van der Waals surface area contributed by atoms with Crippen LogP contribution >= 0.6 is 0 Å². The van der Waals surface area contributed by atoms with Gasteiger partial charge in [-0.25, -0.2) is 0 Å². The highest BCUT2D eigenvalue weighted by Crippen LogP contribution is 2.45. The molecule has 6 heteroatoms. The molecule has 1 saturated carbocycles. The van der Waals surface area contributed by atoms with Crippen LogP contribution < -0.4 is 10.1 Å². The normalized spacial score (nSPS) is 15.7. The van der Waals surface area contributed by atoms with Crippen LogP contribution in [0, 0.1) is 15.5 Å². The van der Waals surface area contributed by atoms with Crippen molar-refractivity contribution in [3.05, 3.63) is 28.3 Å². The van der Waals surface area contributed by atoms with Gasteiger partial charge in [-0.3, -0.25) is 10.1 Å². The summed E-state index contributed by atoms with van der Waals surface area (Å²) in [7, 11) is 0. The maximum Gasteiger partial charge on any atom is 0.333 e. The zero-order chi connectivity index (χ0) is 14.6. The van der Waals surface area contributed by atoms with E-state index in [0.29, 0.717) is 18.8 Å². The van der Waals surface area contributed by atoms with Crippen LogP contribution in [0.25, 0.3) is 0 Å². The van der Waals surface area contributed by atoms with Gasteiger partial charge in [-0.05, 0) is 31.4 Å². The first-order valence-electron chi connectivity index (χ1n) is 6.87. The van der Waals surface area contributed by atoms with Gasteiger partial charge in [-0.1, -0.05) is 13.0 Å². The summed E-state index contributed by atoms with van der Waals surface area (Å²) in [5.74, 6) is 0.288. The van der Waals surface area contributed by atoms with Crippen LogP contribution in [-0.2, 0) is 0 Å². The fraction of sp³-hybridized carbons (Fsp3) is 0.571. The van der Waals surface area contributed by atoms with Crippen molar-refractivity contribution in [2.75, 3.05) is 25.1 Å². The van der Waals surface area contributed by atoms with Crippen molar-refractivity contribution in [3.63, 3.8) is 0 Å². The fourth-order valence-corrected chi connectivity index (χ4v) is 2.03. The Morgan fingerprint density at radius 1 is 1.50 bits per heavy atom. The van der Waals surface area contributed by atoms with E-state index in [9.17, 15) is 15.2 Å². The molecule has 0 radical (unpaired) electrons. The molecule has 1 aliphatic rings. The number of nitro groups is 1. The Kier molecular flexibility index (Phi) is 4.44. The molecule has 20 heavy (non-hydrogen) atoms. The molecular formula is C14H20N2O4. The molecule has 0 bridgehead atoms. The average Bonchev–Trinajstić information content (AvgIpc) is 3.23. The molecule has 6 nitrogen and oxygen atoms in total. The smallest absolute Gasteiger partial charge is 0.333 e. The summed E-state index contributed by atoms with van der Waals surface area (Å²) in [5.41, 5.74) is 0.312. The van der Waals surface area contributed by atoms with Crippen molar-refractivity contribution < 1.29 is 14.8 Å². The van der Waals surface area contributed by atoms with Gasteiger partial charge >= 0.3 is 5.69 Å². The number of hydrogen-bond donors (Lipinski definition) is 2. The van der Waals surface area contributed by atoms with E-state index in [1.165, 1.54) is 0 Å². The van der Waals surface area contributed by atoms with Crippen LogP contribution in [0.4, 0.5) is 11.4 Å². The van der Waals surface area contributed by atoms with Crippen LogP contribution in [0.5, 0.6) is 5.75 Å². The van der Waals surface area contributed by atoms with Gasteiger partial charge in [0.1, 0.15) is 5.69 Å². The fourth-order valence-electron chi connectivity index (χ4n) is 2.03. The van der Waals surface area contributed by atoms with Gasteiger partial charge in [0, 0.05) is 12.0 Å². The highest BCUT2D eigenvalue weighted by molar-refractivity contribution is 5.68. The largest absolute Gasteiger partial charge is 0.487 e. The van der Waals surface area contributed by atoms with Gasteiger partial charge in [-0.2, -0.15) is 0 Å². The molecule has 0 aromatic heterocycles. The zero-order valence-corrected chi connectivity index (χ0v) is 11.6. The molecular weight excluding hydrogens is 260 g/mol. The van der Waals surface area contributed by atoms with Crippen LogP contribution in [-0.4, -0.2) is 29.8 Å². The minimum Gasteiger partial charge on any atom is -0.487 e. The predicted octanol–water partition coefficient (Wildman–Crippen LogP) is 2.57. The molecule has 0 unspecified atom stereocenters. The van der Waals surface area contributed by atoms with E-state index in [4.69, 9.17) is 4.74 Å². The predicted molar refractivity (Wildman–Crippen MR) is 76.1 cm³/mol. The monoisotopic (exact) mass is 280 g/mol. The van der Waals surface area contributed by atoms with E-state index in [-0.39, 0.29) is 23.5 Å². The number of rotatable bonds is 8. The van der Waals surface area contributed by atoms with E-state index in [1.807, 2.05) is 6.92 Å². The summed E-state index contributed by atoms with van der Waals surface area (Å²) in [6.07, 6.45) is 2.70. The number of nitrogens with zero attached hydrogens (tertiary/aromatic N) is 1. The number of benzene rings is 1. The second-order valence-electron chi connectivity index (χ2n) is 5.27. The lowest BCUT2D eigenvalue weighted by Gasteiger charge is -2.15. The molecule has 0 amide bonds. The summed E-state index contributed by atoms with van der Waals surface area (Å²) in [5, 5.41) is 23.6. The first-order chi connectivity index (χ1) is 9.62. The molecule has 1 aliphatic carbocycles. The Hall–Kier alpha value is -1.82. The van der Waals surface area contributed by atoms with Crippen LogP contribution in [0.3, 0.4) is 0 Å². The van der Waals surface area contributed by atoms with Crippen molar-refractivity contribution in [2.45, 2.75) is 26.2 Å². The lowest BCUT2D eigenvalue weighted by atomic mass is 10.1. The molecule has 1 aromatic carbocycles. The highest BCUT2D eigenvalue weighted by atomic mass is 16.6. The number of aliphatic hydroxyl groups is 1. The van der Waals surface area contributed by atoms with E-state index >= 15 is 0 Å². The molecule has 0 spiro atoms. The topological polar surface area (TPSA) is 84.6 Å². The van der Waals surface area contributed by atoms with Gasteiger partial charge in [0.15, 0.2) is 5.75 Å². The van der Waals surface area contributed by atoms with Crippen molar-refractivity contribution >= 4 is 11.4 Å². The van der Waals surface area contributed by atoms with Gasteiger partial charge in [0.25, 0.3) is 0 Å². The summed E-state index contributed by atoms with van der Waals surface area (Å²) < 4.78 is 5.43. The third-order valence-corrected chi connectivity index (χ3v) is 3.59. The zero-order valence-electron chi connectivity index (χ0n) is 11.6. The van der Waals surface area contributed by atoms with Gasteiger partial charge < -0.3 is 15.2 Å². The van der Waals surface area contributed by atoms with Crippen LogP contribution in [0.2, 0.25) is 0 Å². The summed E-state index contributed by atoms with van der Waals surface area (Å²) in [4.78, 5) is 10.8. The lowest BCUT2D eigenvalue weighted by molar-refractivity contribution is -0.385. The molecule has 1 aromatic rings. The van der Waals surface area contributed by atoms with Gasteiger partial charge in [0.05, 0.1) is 18.1 Å². The van der Waals surface area contributed by atoms with Gasteiger partial charge in [-0.15, -0.1) is 0 Å². The Morgan fingerprint density at radius 2 is 2.25 bits per heavy atom. The van der Waals surface area contributed by atoms with E-state index in [0.717, 1.165) is 19.3 Å². The first-order valence-corrected chi connectivity index (χ1v) is 6.87. The van der Waals surface area contributed by atoms with Crippen LogP contribution in [0.15, 0.2) is 18.2 Å². The highest BCUT2D eigenvalue weighted by Gasteiger charge is 2.42. The minimum absolute atomic E-state index is 0.0327. The Balaban J connectivity index is 2.16. The van der Waals surface area contributed by atoms with Crippen molar-refractivity contribution in [3.8, 4) is 5.75 Å². The molecule has 110 valence electrons. The summed E-state index contributed by atoms with van der Waals surface area (Å²) >= 11 is 0. The van der Waals surface area contributed by atoms with Crippen LogP contribution in [0.1, 0.15) is 26.2 Å². The lowest BCUT2D eigenvalue weighted by Crippen LogP contribution is -2.19. The van der Waals surface area contributed by atoms with E-state index in [1.54, 1.807) is 18.2 Å². The second-order valence-corrected chi connectivity index (χ2v) is 5.27. The van der Waals surface area contributed by atoms with E-state index < -0.39 is 4.92 Å². The number of ether oxygens (including phenoxy) is 1. The van der Waals surface area contributed by atoms with E-state index in [2.05, 4.69) is 5.32 Å². The molecule has 1 fully saturated rings. The molecule has 2 N–H and O–H groups in total. The number of aliphatic hydroxyl groups excluding tert-OH is 1. The SMILES string of the molecule is CCCOc1cccc(NCC2(CO)CC2)c1[N+](=O)[O-]. The quantitative estimate of drug-likeness (QED) is 0.564. The van der Waals surface area contributed by atoms with Crippen molar-refractivity contribution in [1.29, 1.82) is 0 Å². The average molecular weight is 280 g/mol. The Bertz CT molecular complexity index is 486. The third-order valence-electron chi connectivity index (χ3n) is 3.59. The first kappa shape index (κ1) is 14.6. The van der Waals surface area contributed by atoms with Crippen molar-refractivity contribution in [1.82, 2.24) is 0 Å². The minimum atomic E-state index is -0.425. The maximum atomic E-state index is 11.3. The number of nitro benzene ring substituents is 1. The summed E-state index contributed by atoms with van der Waals surface area (Å²) in [6, 6.07) is 5.02. The number of nitrogens with one attached hydrogen (secondary N) is 1. The maximum absolute atomic E-state index is 11.3. The van der Waals surface area contributed by atoms with Gasteiger partial charge in [0.2, 0.25) is 0 Å². The number of para-hydroxylation sites is 1. The molecule has 2 rings (SSSR count). The number of hydrogen-bond acceptors (Lipinski definition) is 5. The number of anilines is 1. The second kappa shape index (κ2) is 6.09. The molecule has 0 saturated heterocycles. The Labute approximate surface area is 117 Å². The molecule has 0 heterocycles. The third kappa shape index (κ3) is 3.19. The molecule has 0 atom stereocenters. The van der Waals surface area contributed by atoms with Crippen molar-refractivity contribution in [2.24, 2.45) is 5.41 Å². The molecule has 0 aliphatic heterocycles. The Morgan fingerprint density at radius 3 is 2.80 bits per heavy atom.